The number of primary sulfonamides is 1. The van der Waals surface area contributed by atoms with Gasteiger partial charge in [-0.15, -0.1) is 0 Å². The second-order valence-electron chi connectivity index (χ2n) is 3.58. The molecular formula is C10H15NO3S. The monoisotopic (exact) mass is 229 g/mol. The molecule has 0 aromatic heterocycles. The number of aryl methyl sites for hydroxylation is 1. The van der Waals surface area contributed by atoms with E-state index >= 15 is 0 Å². The second-order valence-corrected chi connectivity index (χ2v) is 5.14. The number of aliphatic hydroxyl groups excluding tert-OH is 1. The third kappa shape index (κ3) is 3.99. The van der Waals surface area contributed by atoms with Crippen molar-refractivity contribution in [3.05, 3.63) is 29.8 Å². The number of hydrogen-bond donors (Lipinski definition) is 2. The minimum absolute atomic E-state index is 0.114. The molecule has 0 bridgehead atoms. The van der Waals surface area contributed by atoms with Gasteiger partial charge in [0.1, 0.15) is 0 Å². The fourth-order valence-electron chi connectivity index (χ4n) is 1.22. The molecule has 0 aliphatic heterocycles. The van der Waals surface area contributed by atoms with Crippen molar-refractivity contribution >= 4 is 10.0 Å². The van der Waals surface area contributed by atoms with Crippen molar-refractivity contribution < 1.29 is 13.5 Å². The van der Waals surface area contributed by atoms with Crippen LogP contribution in [0.3, 0.4) is 0 Å². The van der Waals surface area contributed by atoms with E-state index in [2.05, 4.69) is 0 Å². The number of benzene rings is 1. The summed E-state index contributed by atoms with van der Waals surface area (Å²) in [5.74, 6) is 0. The van der Waals surface area contributed by atoms with Crippen LogP contribution in [-0.4, -0.2) is 19.6 Å². The molecule has 0 spiro atoms. The Labute approximate surface area is 89.8 Å². The van der Waals surface area contributed by atoms with Gasteiger partial charge in [-0.1, -0.05) is 12.1 Å². The molecular weight excluding hydrogens is 214 g/mol. The summed E-state index contributed by atoms with van der Waals surface area (Å²) in [4.78, 5) is 0.114. The SMILES string of the molecule is C[C@@H](O)CCc1ccc(S(N)(=O)=O)cc1. The molecule has 5 heteroatoms. The van der Waals surface area contributed by atoms with E-state index in [1.54, 1.807) is 19.1 Å². The van der Waals surface area contributed by atoms with Crippen molar-refractivity contribution in [2.45, 2.75) is 30.8 Å². The first-order valence-electron chi connectivity index (χ1n) is 4.69. The standard InChI is InChI=1S/C10H15NO3S/c1-8(12)2-3-9-4-6-10(7-5-9)15(11,13)14/h4-8,12H,2-3H2,1H3,(H2,11,13,14)/t8-/m1/s1. The quantitative estimate of drug-likeness (QED) is 0.795. The zero-order chi connectivity index (χ0) is 11.5. The van der Waals surface area contributed by atoms with Gasteiger partial charge in [-0.2, -0.15) is 0 Å². The van der Waals surface area contributed by atoms with Crippen LogP contribution in [0.2, 0.25) is 0 Å². The van der Waals surface area contributed by atoms with Gasteiger partial charge in [-0.05, 0) is 37.5 Å². The maximum Gasteiger partial charge on any atom is 0.238 e. The first-order valence-corrected chi connectivity index (χ1v) is 6.24. The summed E-state index contributed by atoms with van der Waals surface area (Å²) in [7, 11) is -3.60. The Morgan fingerprint density at radius 1 is 1.33 bits per heavy atom. The number of sulfonamides is 1. The highest BCUT2D eigenvalue weighted by Gasteiger charge is 2.06. The molecule has 0 aliphatic rings. The molecule has 1 aromatic rings. The summed E-state index contributed by atoms with van der Waals surface area (Å²) in [5.41, 5.74) is 0.989. The van der Waals surface area contributed by atoms with Crippen LogP contribution in [-0.2, 0) is 16.4 Å². The minimum atomic E-state index is -3.60. The lowest BCUT2D eigenvalue weighted by atomic mass is 10.1. The van der Waals surface area contributed by atoms with Gasteiger partial charge in [-0.3, -0.25) is 0 Å². The molecule has 3 N–H and O–H groups in total. The van der Waals surface area contributed by atoms with Gasteiger partial charge in [-0.25, -0.2) is 13.6 Å². The van der Waals surface area contributed by atoms with Crippen LogP contribution < -0.4 is 5.14 Å². The Kier molecular flexibility index (Phi) is 3.84. The van der Waals surface area contributed by atoms with Crippen LogP contribution in [0, 0.1) is 0 Å². The molecule has 0 heterocycles. The molecule has 0 saturated carbocycles. The van der Waals surface area contributed by atoms with Crippen molar-refractivity contribution in [2.24, 2.45) is 5.14 Å². The van der Waals surface area contributed by atoms with Crippen LogP contribution in [0.4, 0.5) is 0 Å². The summed E-state index contributed by atoms with van der Waals surface area (Å²) in [6.07, 6.45) is 1.04. The molecule has 0 amide bonds. The zero-order valence-corrected chi connectivity index (χ0v) is 9.37. The van der Waals surface area contributed by atoms with Crippen LogP contribution in [0.25, 0.3) is 0 Å². The summed E-state index contributed by atoms with van der Waals surface area (Å²) in [5, 5.41) is 14.0. The van der Waals surface area contributed by atoms with Gasteiger partial charge in [0.2, 0.25) is 10.0 Å². The highest BCUT2D eigenvalue weighted by molar-refractivity contribution is 7.89. The highest BCUT2D eigenvalue weighted by Crippen LogP contribution is 2.10. The highest BCUT2D eigenvalue weighted by atomic mass is 32.2. The molecule has 15 heavy (non-hydrogen) atoms. The van der Waals surface area contributed by atoms with Gasteiger partial charge >= 0.3 is 0 Å². The Balaban J connectivity index is 2.73. The smallest absolute Gasteiger partial charge is 0.238 e. The van der Waals surface area contributed by atoms with E-state index in [9.17, 15) is 8.42 Å². The van der Waals surface area contributed by atoms with Crippen molar-refractivity contribution in [1.29, 1.82) is 0 Å². The molecule has 0 unspecified atom stereocenters. The minimum Gasteiger partial charge on any atom is -0.393 e. The molecule has 1 atom stereocenters. The lowest BCUT2D eigenvalue weighted by Crippen LogP contribution is -2.12. The molecule has 1 rings (SSSR count). The number of aliphatic hydroxyl groups is 1. The van der Waals surface area contributed by atoms with Gasteiger partial charge in [0, 0.05) is 0 Å². The second kappa shape index (κ2) is 4.74. The molecule has 0 aliphatic carbocycles. The van der Waals surface area contributed by atoms with E-state index < -0.39 is 10.0 Å². The summed E-state index contributed by atoms with van der Waals surface area (Å²) < 4.78 is 21.9. The lowest BCUT2D eigenvalue weighted by Gasteiger charge is -2.04. The lowest BCUT2D eigenvalue weighted by molar-refractivity contribution is 0.185. The molecule has 0 saturated heterocycles. The van der Waals surface area contributed by atoms with E-state index in [0.29, 0.717) is 6.42 Å². The van der Waals surface area contributed by atoms with E-state index in [0.717, 1.165) is 12.0 Å². The van der Waals surface area contributed by atoms with E-state index in [-0.39, 0.29) is 11.0 Å². The molecule has 0 fully saturated rings. The third-order valence-corrected chi connectivity index (χ3v) is 3.03. The normalized spacial score (nSPS) is 13.8. The Bertz CT molecular complexity index is 409. The predicted octanol–water partition coefficient (Wildman–Crippen LogP) is 0.647. The number of rotatable bonds is 4. The van der Waals surface area contributed by atoms with Gasteiger partial charge in [0.25, 0.3) is 0 Å². The average molecular weight is 229 g/mol. The third-order valence-electron chi connectivity index (χ3n) is 2.10. The maximum absolute atomic E-state index is 10.9. The number of hydrogen-bond acceptors (Lipinski definition) is 3. The predicted molar refractivity (Wildman–Crippen MR) is 57.8 cm³/mol. The molecule has 84 valence electrons. The van der Waals surface area contributed by atoms with Crippen LogP contribution in [0.5, 0.6) is 0 Å². The zero-order valence-electron chi connectivity index (χ0n) is 8.55. The van der Waals surface area contributed by atoms with Crippen molar-refractivity contribution in [1.82, 2.24) is 0 Å². The molecule has 4 nitrogen and oxygen atoms in total. The van der Waals surface area contributed by atoms with E-state index in [1.807, 2.05) is 0 Å². The first-order chi connectivity index (χ1) is 6.89. The first kappa shape index (κ1) is 12.2. The average Bonchev–Trinajstić information content (AvgIpc) is 2.14. The maximum atomic E-state index is 10.9. The topological polar surface area (TPSA) is 80.4 Å². The molecule has 0 radical (unpaired) electrons. The fourth-order valence-corrected chi connectivity index (χ4v) is 1.74. The Morgan fingerprint density at radius 2 is 1.87 bits per heavy atom. The van der Waals surface area contributed by atoms with Crippen molar-refractivity contribution in [3.8, 4) is 0 Å². The van der Waals surface area contributed by atoms with Crippen LogP contribution in [0.1, 0.15) is 18.9 Å². The van der Waals surface area contributed by atoms with Crippen molar-refractivity contribution in [3.63, 3.8) is 0 Å². The van der Waals surface area contributed by atoms with Gasteiger partial charge in [0.05, 0.1) is 11.0 Å². The van der Waals surface area contributed by atoms with Gasteiger partial charge < -0.3 is 5.11 Å². The summed E-state index contributed by atoms with van der Waals surface area (Å²) in [6.45, 7) is 1.72. The largest absolute Gasteiger partial charge is 0.393 e. The molecule has 1 aromatic carbocycles. The van der Waals surface area contributed by atoms with Gasteiger partial charge in [0.15, 0.2) is 0 Å². The van der Waals surface area contributed by atoms with E-state index in [1.165, 1.54) is 12.1 Å². The van der Waals surface area contributed by atoms with Crippen LogP contribution >= 0.6 is 0 Å². The Hall–Kier alpha value is -0.910. The Morgan fingerprint density at radius 3 is 2.27 bits per heavy atom. The van der Waals surface area contributed by atoms with E-state index in [4.69, 9.17) is 10.2 Å². The fraction of sp³-hybridized carbons (Fsp3) is 0.400. The summed E-state index contributed by atoms with van der Waals surface area (Å²) in [6, 6.07) is 6.38. The van der Waals surface area contributed by atoms with Crippen molar-refractivity contribution in [2.75, 3.05) is 0 Å². The van der Waals surface area contributed by atoms with Crippen LogP contribution in [0.15, 0.2) is 29.2 Å². The summed E-state index contributed by atoms with van der Waals surface area (Å²) >= 11 is 0. The number of nitrogens with two attached hydrogens (primary N) is 1.